The van der Waals surface area contributed by atoms with Crippen molar-refractivity contribution in [2.45, 2.75) is 13.0 Å². The summed E-state index contributed by atoms with van der Waals surface area (Å²) in [5, 5.41) is 8.17. The average Bonchev–Trinajstić information content (AvgIpc) is 1.38. The van der Waals surface area contributed by atoms with Gasteiger partial charge in [-0.25, -0.2) is 0 Å². The molecule has 1 unspecified atom stereocenters. The Labute approximate surface area is 31.6 Å². The van der Waals surface area contributed by atoms with Gasteiger partial charge in [0.2, 0.25) is 0 Å². The lowest BCUT2D eigenvalue weighted by Crippen LogP contribution is -2.05. The van der Waals surface area contributed by atoms with E-state index in [9.17, 15) is 0 Å². The van der Waals surface area contributed by atoms with Gasteiger partial charge in [0.1, 0.15) is 0 Å². The molecule has 0 aromatic heterocycles. The van der Waals surface area contributed by atoms with E-state index in [1.165, 1.54) is 0 Å². The Hall–Kier alpha value is -0.0800. The van der Waals surface area contributed by atoms with Gasteiger partial charge < -0.3 is 5.11 Å². The molecule has 31 valence electrons. The Morgan fingerprint density at radius 1 is 2.00 bits per heavy atom. The van der Waals surface area contributed by atoms with E-state index in [1.54, 1.807) is 6.92 Å². The summed E-state index contributed by atoms with van der Waals surface area (Å²) in [5.74, 6) is 0. The highest BCUT2D eigenvalue weighted by atomic mass is 16.3. The van der Waals surface area contributed by atoms with Crippen molar-refractivity contribution in [1.29, 1.82) is 0 Å². The monoisotopic (exact) mass is 74.1 g/mol. The first-order valence-corrected chi connectivity index (χ1v) is 1.60. The molecule has 1 radical (unpaired) electrons. The maximum atomic E-state index is 8.17. The number of aliphatic hydroxyl groups is 1. The van der Waals surface area contributed by atoms with Crippen LogP contribution in [0.15, 0.2) is 0 Å². The first kappa shape index (κ1) is 4.92. The minimum absolute atomic E-state index is 0.111. The predicted molar refractivity (Wildman–Crippen MR) is 19.6 cm³/mol. The second kappa shape index (κ2) is 2.18. The quantitative estimate of drug-likeness (QED) is 0.454. The highest BCUT2D eigenvalue weighted by Gasteiger charge is 1.82. The molecule has 2 heteroatoms. The summed E-state index contributed by atoms with van der Waals surface area (Å²) in [6.07, 6.45) is -0.449. The molecule has 0 saturated heterocycles. The number of aliphatic hydroxyl groups excluding tert-OH is 1. The third-order valence-electron chi connectivity index (χ3n) is 0.295. The van der Waals surface area contributed by atoms with E-state index in [4.69, 9.17) is 10.8 Å². The van der Waals surface area contributed by atoms with Crippen LogP contribution in [0.1, 0.15) is 6.92 Å². The van der Waals surface area contributed by atoms with Crippen molar-refractivity contribution in [3.8, 4) is 0 Å². The van der Waals surface area contributed by atoms with Crippen LogP contribution < -0.4 is 5.73 Å². The van der Waals surface area contributed by atoms with Crippen molar-refractivity contribution in [3.05, 3.63) is 0 Å². The molecule has 0 aromatic carbocycles. The summed E-state index contributed by atoms with van der Waals surface area (Å²) in [5.41, 5.74) is 6.41. The topological polar surface area (TPSA) is 44.0 Å². The van der Waals surface area contributed by atoms with E-state index in [2.05, 4.69) is 0 Å². The van der Waals surface area contributed by atoms with Crippen LogP contribution in [0, 0.1) is 0 Å². The molecule has 0 fully saturated rings. The van der Waals surface area contributed by atoms with Gasteiger partial charge in [-0.2, -0.15) is 0 Å². The minimum atomic E-state index is -0.449. The molecule has 0 aliphatic heterocycles. The zero-order valence-electron chi connectivity index (χ0n) is 3.23. The van der Waals surface area contributed by atoms with Crippen LogP contribution in [0.2, 0.25) is 0 Å². The van der Waals surface area contributed by atoms with Gasteiger partial charge in [0.15, 0.2) is 0 Å². The van der Waals surface area contributed by atoms with Crippen LogP contribution in [-0.4, -0.2) is 17.8 Å². The van der Waals surface area contributed by atoms with E-state index >= 15 is 0 Å². The molecule has 0 aliphatic carbocycles. The summed E-state index contributed by atoms with van der Waals surface area (Å²) in [7, 11) is 0. The Balaban J connectivity index is 2.54. The molecular weight excluding hydrogens is 66.0 g/mol. The maximum Gasteiger partial charge on any atom is 0.0650 e. The standard InChI is InChI=1S/C3H8NO/c1-3(5)2-4/h3-5H,2H2,1H3. The highest BCUT2D eigenvalue weighted by Crippen LogP contribution is 1.67. The first-order chi connectivity index (χ1) is 2.27. The fourth-order valence-corrected chi connectivity index (χ4v) is 0. The van der Waals surface area contributed by atoms with E-state index in [0.717, 1.165) is 0 Å². The van der Waals surface area contributed by atoms with Crippen LogP contribution in [-0.2, 0) is 0 Å². The summed E-state index contributed by atoms with van der Waals surface area (Å²) < 4.78 is 0. The van der Waals surface area contributed by atoms with Gasteiger partial charge in [0, 0.05) is 6.54 Å². The Bertz CT molecular complexity index is 20.9. The summed E-state index contributed by atoms with van der Waals surface area (Å²) in [6, 6.07) is 0. The number of rotatable bonds is 1. The van der Waals surface area contributed by atoms with E-state index < -0.39 is 6.10 Å². The van der Waals surface area contributed by atoms with Crippen molar-refractivity contribution < 1.29 is 5.11 Å². The van der Waals surface area contributed by atoms with E-state index in [0.29, 0.717) is 0 Å². The lowest BCUT2D eigenvalue weighted by Gasteiger charge is -1.89. The van der Waals surface area contributed by atoms with Gasteiger partial charge in [0.05, 0.1) is 6.10 Å². The fourth-order valence-electron chi connectivity index (χ4n) is 0. The van der Waals surface area contributed by atoms with Gasteiger partial charge in [-0.1, -0.05) is 0 Å². The molecule has 5 heavy (non-hydrogen) atoms. The maximum absolute atomic E-state index is 8.17. The molecule has 0 spiro atoms. The van der Waals surface area contributed by atoms with Gasteiger partial charge in [0.25, 0.3) is 0 Å². The Morgan fingerprint density at radius 2 is 2.20 bits per heavy atom. The second-order valence-electron chi connectivity index (χ2n) is 1.05. The summed E-state index contributed by atoms with van der Waals surface area (Å²) >= 11 is 0. The molecule has 2 nitrogen and oxygen atoms in total. The number of hydrogen-bond donors (Lipinski definition) is 1. The summed E-state index contributed by atoms with van der Waals surface area (Å²) in [4.78, 5) is 0. The van der Waals surface area contributed by atoms with Gasteiger partial charge in [-0.15, -0.1) is 0 Å². The van der Waals surface area contributed by atoms with Crippen LogP contribution >= 0.6 is 0 Å². The molecule has 0 aromatic rings. The van der Waals surface area contributed by atoms with E-state index in [1.807, 2.05) is 0 Å². The predicted octanol–water partition coefficient (Wildman–Crippen LogP) is -0.350. The third kappa shape index (κ3) is 3.92. The van der Waals surface area contributed by atoms with Crippen molar-refractivity contribution in [1.82, 2.24) is 5.73 Å². The van der Waals surface area contributed by atoms with Gasteiger partial charge in [-0.3, -0.25) is 5.73 Å². The third-order valence-corrected chi connectivity index (χ3v) is 0.295. The molecule has 0 bridgehead atoms. The SMILES string of the molecule is CC(O)C[NH]. The van der Waals surface area contributed by atoms with Gasteiger partial charge >= 0.3 is 0 Å². The Morgan fingerprint density at radius 3 is 2.20 bits per heavy atom. The molecule has 1 atom stereocenters. The molecule has 0 aliphatic rings. The molecule has 0 amide bonds. The largest absolute Gasteiger partial charge is 0.392 e. The second-order valence-corrected chi connectivity index (χ2v) is 1.05. The zero-order chi connectivity index (χ0) is 4.28. The van der Waals surface area contributed by atoms with E-state index in [-0.39, 0.29) is 6.54 Å². The molecule has 0 heterocycles. The van der Waals surface area contributed by atoms with Crippen molar-refractivity contribution in [2.75, 3.05) is 6.54 Å². The highest BCUT2D eigenvalue weighted by molar-refractivity contribution is 4.39. The molecule has 0 rings (SSSR count). The van der Waals surface area contributed by atoms with Crippen LogP contribution in [0.25, 0.3) is 0 Å². The van der Waals surface area contributed by atoms with Crippen LogP contribution in [0.5, 0.6) is 0 Å². The zero-order valence-corrected chi connectivity index (χ0v) is 3.23. The number of hydrogen-bond acceptors (Lipinski definition) is 1. The molecule has 0 saturated carbocycles. The van der Waals surface area contributed by atoms with Crippen LogP contribution in [0.4, 0.5) is 0 Å². The fraction of sp³-hybridized carbons (Fsp3) is 1.00. The first-order valence-electron chi connectivity index (χ1n) is 1.60. The molecule has 2 N–H and O–H groups in total. The average molecular weight is 74.1 g/mol. The lowest BCUT2D eigenvalue weighted by atomic mass is 10.4. The lowest BCUT2D eigenvalue weighted by molar-refractivity contribution is 0.201. The van der Waals surface area contributed by atoms with Gasteiger partial charge in [-0.05, 0) is 6.92 Å². The van der Waals surface area contributed by atoms with Crippen molar-refractivity contribution in [2.24, 2.45) is 0 Å². The molecular formula is C3H8NO. The van der Waals surface area contributed by atoms with Crippen molar-refractivity contribution in [3.63, 3.8) is 0 Å². The van der Waals surface area contributed by atoms with Crippen LogP contribution in [0.3, 0.4) is 0 Å². The van der Waals surface area contributed by atoms with Crippen molar-refractivity contribution >= 4 is 0 Å². The smallest absolute Gasteiger partial charge is 0.0650 e. The normalized spacial score (nSPS) is 15.0. The summed E-state index contributed by atoms with van der Waals surface area (Å²) in [6.45, 7) is 1.70. The Kier molecular flexibility index (Phi) is 2.14. The minimum Gasteiger partial charge on any atom is -0.392 e. The number of nitrogens with one attached hydrogen (secondary N) is 1.